The molecule has 0 unspecified atom stereocenters. The van der Waals surface area contributed by atoms with Gasteiger partial charge in [0.1, 0.15) is 22.4 Å². The maximum Gasteiger partial charge on any atom is 0.437 e. The zero-order valence-corrected chi connectivity index (χ0v) is 32.7. The Kier molecular flexibility index (Phi) is 23.0. The first-order valence-electron chi connectivity index (χ1n) is 16.8. The number of carbonyl (C=O) groups is 4. The summed E-state index contributed by atoms with van der Waals surface area (Å²) >= 11 is 0. The predicted molar refractivity (Wildman–Crippen MR) is 197 cm³/mol. The van der Waals surface area contributed by atoms with E-state index >= 15 is 0 Å². The lowest BCUT2D eigenvalue weighted by molar-refractivity contribution is 0.0530. The zero-order valence-electron chi connectivity index (χ0n) is 32.7. The van der Waals surface area contributed by atoms with Gasteiger partial charge in [-0.25, -0.2) is 23.9 Å². The fourth-order valence-electron chi connectivity index (χ4n) is 2.94. The minimum absolute atomic E-state index is 0.00878. The van der Waals surface area contributed by atoms with Gasteiger partial charge in [0, 0.05) is 18.9 Å². The number of ether oxygens (including phenoxy) is 4. The van der Waals surface area contributed by atoms with E-state index in [1.807, 2.05) is 0 Å². The number of nitrogens with zero attached hydrogens (tertiary/aromatic N) is 4. The van der Waals surface area contributed by atoms with E-state index in [4.69, 9.17) is 36.1 Å². The van der Waals surface area contributed by atoms with E-state index in [9.17, 15) is 19.2 Å². The van der Waals surface area contributed by atoms with Crippen molar-refractivity contribution in [3.05, 3.63) is 18.5 Å². The van der Waals surface area contributed by atoms with Gasteiger partial charge >= 0.3 is 24.4 Å². The molecule has 0 aliphatic rings. The Morgan fingerprint density at radius 2 is 1.02 bits per heavy atom. The summed E-state index contributed by atoms with van der Waals surface area (Å²) in [4.78, 5) is 55.1. The highest BCUT2D eigenvalue weighted by atomic mass is 16.6. The Morgan fingerprint density at radius 1 is 0.627 bits per heavy atom. The van der Waals surface area contributed by atoms with Gasteiger partial charge in [0.15, 0.2) is 0 Å². The summed E-state index contributed by atoms with van der Waals surface area (Å²) in [7, 11) is 0. The van der Waals surface area contributed by atoms with Crippen molar-refractivity contribution in [2.24, 2.45) is 27.2 Å². The first kappa shape index (κ1) is 48.8. The van der Waals surface area contributed by atoms with Crippen LogP contribution in [0.25, 0.3) is 0 Å². The van der Waals surface area contributed by atoms with Gasteiger partial charge in [-0.1, -0.05) is 0 Å². The Morgan fingerprint density at radius 3 is 1.37 bits per heavy atom. The van der Waals surface area contributed by atoms with Gasteiger partial charge in [0.2, 0.25) is 11.9 Å². The fraction of sp³-hybridized carbons (Fsp3) is 0.727. The molecular weight excluding hydrogens is 664 g/mol. The monoisotopic (exact) mass is 728 g/mol. The van der Waals surface area contributed by atoms with Crippen LogP contribution in [-0.2, 0) is 18.9 Å². The summed E-state index contributed by atoms with van der Waals surface area (Å²) in [6.45, 7) is 23.3. The Bertz CT molecular complexity index is 1190. The van der Waals surface area contributed by atoms with Crippen molar-refractivity contribution in [1.29, 1.82) is 0 Å². The lowest BCUT2D eigenvalue weighted by atomic mass is 10.2. The van der Waals surface area contributed by atoms with Crippen LogP contribution in [0.2, 0.25) is 0 Å². The molecule has 0 aromatic carbocycles. The fourth-order valence-corrected chi connectivity index (χ4v) is 2.94. The number of hydrogen-bond donors (Lipinski definition) is 6. The minimum Gasteiger partial charge on any atom is -0.444 e. The first-order chi connectivity index (χ1) is 23.3. The third-order valence-corrected chi connectivity index (χ3v) is 4.70. The highest BCUT2D eigenvalue weighted by Crippen LogP contribution is 2.10. The van der Waals surface area contributed by atoms with Crippen molar-refractivity contribution in [1.82, 2.24) is 25.7 Å². The molecule has 0 aliphatic carbocycles. The largest absolute Gasteiger partial charge is 0.444 e. The number of nitrogens with two attached hydrogens (primary N) is 3. The quantitative estimate of drug-likeness (QED) is 0.0990. The number of rotatable bonds is 7. The second-order valence-corrected chi connectivity index (χ2v) is 14.8. The molecule has 0 saturated heterocycles. The molecule has 0 atom stereocenters. The molecule has 51 heavy (non-hydrogen) atoms. The maximum atomic E-state index is 11.8. The molecule has 0 saturated carbocycles. The first-order valence-corrected chi connectivity index (χ1v) is 16.8. The number of aromatic nitrogens is 2. The zero-order chi connectivity index (χ0) is 39.9. The van der Waals surface area contributed by atoms with Crippen molar-refractivity contribution in [2.45, 2.75) is 131 Å². The molecule has 1 heterocycles. The van der Waals surface area contributed by atoms with Crippen LogP contribution in [0.1, 0.15) is 109 Å². The van der Waals surface area contributed by atoms with Crippen LogP contribution >= 0.6 is 0 Å². The molecule has 4 amide bonds. The number of carbonyl (C=O) groups excluding carboxylic acids is 4. The topological polar surface area (TPSA) is 262 Å². The Labute approximate surface area is 303 Å². The number of unbranched alkanes of at least 4 members (excludes halogenated alkanes) is 2. The molecule has 1 aromatic rings. The van der Waals surface area contributed by atoms with Gasteiger partial charge < -0.3 is 36.1 Å². The van der Waals surface area contributed by atoms with Crippen molar-refractivity contribution in [3.63, 3.8) is 0 Å². The molecule has 9 N–H and O–H groups in total. The summed E-state index contributed by atoms with van der Waals surface area (Å²) in [6.07, 6.45) is 3.70. The summed E-state index contributed by atoms with van der Waals surface area (Å²) in [6, 6.07) is 1.63. The number of nitrogens with one attached hydrogen (secondary N) is 3. The third kappa shape index (κ3) is 32.7. The molecular formula is C33H64N10O8. The van der Waals surface area contributed by atoms with Crippen LogP contribution in [0.5, 0.6) is 0 Å². The third-order valence-electron chi connectivity index (χ3n) is 4.70. The molecule has 18 heteroatoms. The number of guanidine groups is 1. The number of aliphatic imine (C=N–C) groups is 2. The molecule has 0 radical (unpaired) electrons. The van der Waals surface area contributed by atoms with E-state index < -0.39 is 46.8 Å². The van der Waals surface area contributed by atoms with Crippen LogP contribution in [-0.4, -0.2) is 94.7 Å². The average Bonchev–Trinajstić information content (AvgIpc) is 3.45. The van der Waals surface area contributed by atoms with Crippen LogP contribution < -0.4 is 33.2 Å². The van der Waals surface area contributed by atoms with Gasteiger partial charge in [0.05, 0.1) is 0 Å². The van der Waals surface area contributed by atoms with E-state index in [-0.39, 0.29) is 11.9 Å². The van der Waals surface area contributed by atoms with Crippen LogP contribution in [0.15, 0.2) is 28.4 Å². The van der Waals surface area contributed by atoms with Crippen molar-refractivity contribution < 1.29 is 38.1 Å². The van der Waals surface area contributed by atoms with Crippen LogP contribution in [0.4, 0.5) is 19.2 Å². The molecule has 294 valence electrons. The SMILES string of the molecule is CC(C)(C)OC(=O)N=C(NC(=O)OC(C)(C)C)n1cccn1.CC(C)(C)OC(=O)NC(=NCCCCN)NC(=O)OC(C)(C)C.NCCCCN. The van der Waals surface area contributed by atoms with Gasteiger partial charge in [-0.3, -0.25) is 20.9 Å². The minimum atomic E-state index is -0.839. The standard InChI is InChI=1S/C15H30N4O4.C14H22N4O4.C4H12N2/c1-14(2,3)22-12(20)18-11(17-10-8-7-9-16)19-13(21)23-15(4,5)6;1-13(2,3)21-11(19)16-10(18-9-7-8-15-18)17-12(20)22-14(4,5)6;5-3-1-2-4-6/h7-10,16H2,1-6H3,(H2,17,18,19,20,21);7-9H,1-6H3,(H,16,17,19,20);1-6H2. The smallest absolute Gasteiger partial charge is 0.437 e. The van der Waals surface area contributed by atoms with Crippen molar-refractivity contribution in [3.8, 4) is 0 Å². The second-order valence-electron chi connectivity index (χ2n) is 14.8. The van der Waals surface area contributed by atoms with Crippen molar-refractivity contribution in [2.75, 3.05) is 26.2 Å². The van der Waals surface area contributed by atoms with Crippen LogP contribution in [0.3, 0.4) is 0 Å². The van der Waals surface area contributed by atoms with Gasteiger partial charge in [-0.15, -0.1) is 4.99 Å². The van der Waals surface area contributed by atoms with E-state index in [0.29, 0.717) is 13.1 Å². The highest BCUT2D eigenvalue weighted by Gasteiger charge is 2.22. The predicted octanol–water partition coefficient (Wildman–Crippen LogP) is 4.36. The Hall–Kier alpha value is -4.29. The van der Waals surface area contributed by atoms with Gasteiger partial charge in [0.25, 0.3) is 0 Å². The normalized spacial score (nSPS) is 11.7. The molecule has 1 rings (SSSR count). The number of amides is 4. The van der Waals surface area contributed by atoms with E-state index in [1.165, 1.54) is 17.1 Å². The summed E-state index contributed by atoms with van der Waals surface area (Å²) in [5.41, 5.74) is 13.1. The highest BCUT2D eigenvalue weighted by molar-refractivity contribution is 6.01. The van der Waals surface area contributed by atoms with Gasteiger partial charge in [-0.2, -0.15) is 5.10 Å². The molecule has 18 nitrogen and oxygen atoms in total. The molecule has 0 aliphatic heterocycles. The van der Waals surface area contributed by atoms with E-state index in [2.05, 4.69) is 31.0 Å². The summed E-state index contributed by atoms with van der Waals surface area (Å²) < 4.78 is 21.7. The number of alkyl carbamates (subject to hydrolysis) is 3. The lowest BCUT2D eigenvalue weighted by Crippen LogP contribution is -2.47. The molecule has 0 bridgehead atoms. The molecule has 0 fully saturated rings. The number of hydrogen-bond acceptors (Lipinski definition) is 13. The molecule has 1 aromatic heterocycles. The summed E-state index contributed by atoms with van der Waals surface area (Å²) in [5.74, 6) is -0.112. The van der Waals surface area contributed by atoms with Crippen molar-refractivity contribution >= 4 is 36.3 Å². The summed E-state index contributed by atoms with van der Waals surface area (Å²) in [5, 5.41) is 11.1. The molecule has 0 spiro atoms. The average molecular weight is 729 g/mol. The second kappa shape index (κ2) is 24.0. The maximum absolute atomic E-state index is 11.8. The van der Waals surface area contributed by atoms with E-state index in [0.717, 1.165) is 38.8 Å². The van der Waals surface area contributed by atoms with Crippen LogP contribution in [0, 0.1) is 0 Å². The van der Waals surface area contributed by atoms with Gasteiger partial charge in [-0.05, 0) is 134 Å². The van der Waals surface area contributed by atoms with E-state index in [1.54, 1.807) is 89.2 Å². The lowest BCUT2D eigenvalue weighted by Gasteiger charge is -2.22. The Balaban J connectivity index is 0.